The van der Waals surface area contributed by atoms with Crippen molar-refractivity contribution in [2.75, 3.05) is 39.3 Å². The van der Waals surface area contributed by atoms with Crippen molar-refractivity contribution in [2.45, 2.75) is 6.92 Å². The summed E-state index contributed by atoms with van der Waals surface area (Å²) in [6.45, 7) is 5.10. The Balaban J connectivity index is 1.86. The van der Waals surface area contributed by atoms with Gasteiger partial charge in [-0.25, -0.2) is 4.98 Å². The fourth-order valence-electron chi connectivity index (χ4n) is 2.25. The molecule has 1 aromatic heterocycles. The first-order chi connectivity index (χ1) is 10.1. The largest absolute Gasteiger partial charge is 0.355 e. The number of halogens is 1. The summed E-state index contributed by atoms with van der Waals surface area (Å²) < 4.78 is 13.0. The number of hydrogen-bond donors (Lipinski definition) is 1. The van der Waals surface area contributed by atoms with Crippen LogP contribution in [0.4, 0.5) is 4.39 Å². The average Bonchev–Trinajstić information content (AvgIpc) is 2.47. The van der Waals surface area contributed by atoms with Crippen molar-refractivity contribution in [3.63, 3.8) is 0 Å². The van der Waals surface area contributed by atoms with E-state index >= 15 is 0 Å². The van der Waals surface area contributed by atoms with E-state index < -0.39 is 5.95 Å². The number of hydrogen-bond acceptors (Lipinski definition) is 4. The molecule has 0 aromatic carbocycles. The highest BCUT2D eigenvalue weighted by molar-refractivity contribution is 5.92. The molecule has 114 valence electrons. The van der Waals surface area contributed by atoms with Crippen LogP contribution in [0.15, 0.2) is 18.2 Å². The molecule has 0 saturated carbocycles. The lowest BCUT2D eigenvalue weighted by Crippen LogP contribution is -2.51. The van der Waals surface area contributed by atoms with E-state index in [0.717, 1.165) is 0 Å². The lowest BCUT2D eigenvalue weighted by Gasteiger charge is -2.34. The second kappa shape index (κ2) is 7.12. The van der Waals surface area contributed by atoms with Crippen molar-refractivity contribution in [3.8, 4) is 0 Å². The van der Waals surface area contributed by atoms with Crippen molar-refractivity contribution in [3.05, 3.63) is 29.8 Å². The molecule has 1 fully saturated rings. The molecule has 1 aliphatic rings. The molecule has 1 N–H and O–H groups in total. The number of aromatic nitrogens is 1. The molecule has 0 bridgehead atoms. The zero-order chi connectivity index (χ0) is 15.2. The zero-order valence-corrected chi connectivity index (χ0v) is 12.0. The highest BCUT2D eigenvalue weighted by Gasteiger charge is 2.24. The summed E-state index contributed by atoms with van der Waals surface area (Å²) in [7, 11) is 0. The van der Waals surface area contributed by atoms with Crippen molar-refractivity contribution in [2.24, 2.45) is 0 Å². The molecule has 6 nitrogen and oxygen atoms in total. The summed E-state index contributed by atoms with van der Waals surface area (Å²) in [5.41, 5.74) is 0.118. The number of pyridine rings is 1. The molecule has 0 spiro atoms. The molecular weight excluding hydrogens is 275 g/mol. The van der Waals surface area contributed by atoms with E-state index in [1.165, 1.54) is 18.2 Å². The van der Waals surface area contributed by atoms with Gasteiger partial charge in [0.1, 0.15) is 5.69 Å². The number of rotatable bonds is 4. The van der Waals surface area contributed by atoms with Gasteiger partial charge in [0, 0.05) is 32.7 Å². The monoisotopic (exact) mass is 294 g/mol. The highest BCUT2D eigenvalue weighted by Crippen LogP contribution is 2.07. The predicted octanol–water partition coefficient (Wildman–Crippen LogP) is 0.115. The van der Waals surface area contributed by atoms with Gasteiger partial charge in [-0.05, 0) is 19.1 Å². The lowest BCUT2D eigenvalue weighted by atomic mass is 10.2. The van der Waals surface area contributed by atoms with E-state index in [2.05, 4.69) is 10.3 Å². The summed E-state index contributed by atoms with van der Waals surface area (Å²) in [5.74, 6) is -0.938. The van der Waals surface area contributed by atoms with Crippen LogP contribution in [0.3, 0.4) is 0 Å². The summed E-state index contributed by atoms with van der Waals surface area (Å²) in [6, 6.07) is 4.19. The third kappa shape index (κ3) is 4.22. The van der Waals surface area contributed by atoms with Gasteiger partial charge in [0.2, 0.25) is 11.9 Å². The van der Waals surface area contributed by atoms with E-state index in [1.807, 2.05) is 11.8 Å². The maximum atomic E-state index is 13.0. The molecule has 1 aliphatic heterocycles. The Morgan fingerprint density at radius 3 is 2.62 bits per heavy atom. The second-order valence-electron chi connectivity index (χ2n) is 4.87. The number of piperazine rings is 1. The fourth-order valence-corrected chi connectivity index (χ4v) is 2.25. The van der Waals surface area contributed by atoms with Crippen molar-refractivity contribution in [1.29, 1.82) is 0 Å². The Hall–Kier alpha value is -2.02. The molecule has 0 aliphatic carbocycles. The van der Waals surface area contributed by atoms with E-state index in [-0.39, 0.29) is 17.5 Å². The third-order valence-corrected chi connectivity index (χ3v) is 3.33. The third-order valence-electron chi connectivity index (χ3n) is 3.33. The average molecular weight is 294 g/mol. The fraction of sp³-hybridized carbons (Fsp3) is 0.500. The van der Waals surface area contributed by atoms with Crippen molar-refractivity contribution in [1.82, 2.24) is 20.1 Å². The molecule has 0 unspecified atom stereocenters. The van der Waals surface area contributed by atoms with Crippen molar-refractivity contribution >= 4 is 11.8 Å². The number of amides is 2. The van der Waals surface area contributed by atoms with Gasteiger partial charge in [0.15, 0.2) is 0 Å². The first-order valence-corrected chi connectivity index (χ1v) is 7.01. The van der Waals surface area contributed by atoms with Gasteiger partial charge in [0.05, 0.1) is 6.54 Å². The minimum atomic E-state index is -0.657. The minimum absolute atomic E-state index is 0.0101. The van der Waals surface area contributed by atoms with E-state index in [4.69, 9.17) is 0 Å². The maximum absolute atomic E-state index is 13.0. The Morgan fingerprint density at radius 1 is 1.29 bits per heavy atom. The summed E-state index contributed by atoms with van der Waals surface area (Å²) in [5, 5.41) is 2.75. The van der Waals surface area contributed by atoms with E-state index in [9.17, 15) is 14.0 Å². The second-order valence-corrected chi connectivity index (χ2v) is 4.87. The molecule has 2 rings (SSSR count). The first kappa shape index (κ1) is 15.4. The Labute approximate surface area is 122 Å². The molecule has 7 heteroatoms. The van der Waals surface area contributed by atoms with Crippen LogP contribution in [-0.2, 0) is 4.79 Å². The highest BCUT2D eigenvalue weighted by atomic mass is 19.1. The standard InChI is InChI=1S/C14H19FN4O2/c1-2-16-13(20)10-18-6-8-19(9-7-18)14(21)11-4-3-5-12(15)17-11/h3-5H,2,6-10H2,1H3,(H,16,20). The normalized spacial score (nSPS) is 15.8. The van der Waals surface area contributed by atoms with Gasteiger partial charge in [-0.2, -0.15) is 4.39 Å². The number of nitrogens with one attached hydrogen (secondary N) is 1. The van der Waals surface area contributed by atoms with Crippen LogP contribution < -0.4 is 5.32 Å². The molecule has 21 heavy (non-hydrogen) atoms. The SMILES string of the molecule is CCNC(=O)CN1CCN(C(=O)c2cccc(F)n2)CC1. The van der Waals surface area contributed by atoms with Gasteiger partial charge in [-0.1, -0.05) is 6.07 Å². The Kier molecular flexibility index (Phi) is 5.21. The molecule has 2 amide bonds. The topological polar surface area (TPSA) is 65.5 Å². The minimum Gasteiger partial charge on any atom is -0.355 e. The van der Waals surface area contributed by atoms with Crippen LogP contribution in [-0.4, -0.2) is 65.9 Å². The van der Waals surface area contributed by atoms with Crippen LogP contribution in [0.2, 0.25) is 0 Å². The number of nitrogens with zero attached hydrogens (tertiary/aromatic N) is 3. The van der Waals surface area contributed by atoms with E-state index in [0.29, 0.717) is 39.3 Å². The van der Waals surface area contributed by atoms with Gasteiger partial charge in [-0.15, -0.1) is 0 Å². The quantitative estimate of drug-likeness (QED) is 0.801. The smallest absolute Gasteiger partial charge is 0.272 e. The van der Waals surface area contributed by atoms with Crippen LogP contribution in [0.25, 0.3) is 0 Å². The molecule has 1 saturated heterocycles. The molecule has 2 heterocycles. The van der Waals surface area contributed by atoms with Crippen molar-refractivity contribution < 1.29 is 14.0 Å². The van der Waals surface area contributed by atoms with Crippen LogP contribution in [0, 0.1) is 5.95 Å². The predicted molar refractivity (Wildman–Crippen MR) is 75.2 cm³/mol. The summed E-state index contributed by atoms with van der Waals surface area (Å²) in [6.07, 6.45) is 0. The van der Waals surface area contributed by atoms with Gasteiger partial charge in [0.25, 0.3) is 5.91 Å². The molecule has 0 radical (unpaired) electrons. The molecule has 1 aromatic rings. The van der Waals surface area contributed by atoms with Gasteiger partial charge < -0.3 is 10.2 Å². The maximum Gasteiger partial charge on any atom is 0.272 e. The van der Waals surface area contributed by atoms with Crippen LogP contribution in [0.5, 0.6) is 0 Å². The van der Waals surface area contributed by atoms with Gasteiger partial charge >= 0.3 is 0 Å². The number of carbonyl (C=O) groups is 2. The molecular formula is C14H19FN4O2. The molecule has 0 atom stereocenters. The lowest BCUT2D eigenvalue weighted by molar-refractivity contribution is -0.122. The summed E-state index contributed by atoms with van der Waals surface area (Å²) in [4.78, 5) is 30.9. The zero-order valence-electron chi connectivity index (χ0n) is 12.0. The Morgan fingerprint density at radius 2 is 2.00 bits per heavy atom. The number of likely N-dealkylation sites (N-methyl/N-ethyl adjacent to an activating group) is 1. The van der Waals surface area contributed by atoms with Crippen LogP contribution >= 0.6 is 0 Å². The van der Waals surface area contributed by atoms with Crippen LogP contribution in [0.1, 0.15) is 17.4 Å². The number of carbonyl (C=O) groups excluding carboxylic acids is 2. The summed E-state index contributed by atoms with van der Waals surface area (Å²) >= 11 is 0. The van der Waals surface area contributed by atoms with E-state index in [1.54, 1.807) is 4.90 Å². The Bertz CT molecular complexity index is 515. The van der Waals surface area contributed by atoms with Gasteiger partial charge in [-0.3, -0.25) is 14.5 Å². The first-order valence-electron chi connectivity index (χ1n) is 7.01.